The summed E-state index contributed by atoms with van der Waals surface area (Å²) in [5, 5.41) is 46.0. The largest absolute Gasteiger partial charge is 0.462 e. The highest BCUT2D eigenvalue weighted by Gasteiger charge is 2.52. The van der Waals surface area contributed by atoms with E-state index in [1.54, 1.807) is 55.4 Å². The molecule has 0 bridgehead atoms. The number of nitrogens with zero attached hydrogens (tertiary/aromatic N) is 1. The number of ketones is 1. The molecular weight excluding hydrogens is 650 g/mol. The molecule has 13 nitrogen and oxygen atoms in total. The zero-order chi connectivity index (χ0) is 38.0. The SMILES string of the molecule is CC[C@H]1OC(=O)[C@H](C)[C@@H](OC2C[C@@](C)(OC)C(O)[C@@H](C)O2)[C@H](C)[C@@H](O[C@@H]2OC(C)CC(N(C)C)C2O)[C@](C)(O)C[C@@H](C)C(=O)[C@H](C)[C@@H](O)[C@H]1C. The van der Waals surface area contributed by atoms with Crippen LogP contribution < -0.4 is 0 Å². The Bertz CT molecular complexity index is 1120. The Labute approximate surface area is 299 Å². The van der Waals surface area contributed by atoms with E-state index in [1.807, 2.05) is 32.8 Å². The summed E-state index contributed by atoms with van der Waals surface area (Å²) in [5.74, 6) is -4.59. The predicted octanol–water partition coefficient (Wildman–Crippen LogP) is 2.67. The summed E-state index contributed by atoms with van der Waals surface area (Å²) in [6.45, 7) is 17.4. The topological polar surface area (TPSA) is 174 Å². The van der Waals surface area contributed by atoms with Crippen LogP contribution in [-0.4, -0.2) is 137 Å². The Balaban J connectivity index is 2.16. The van der Waals surface area contributed by atoms with Gasteiger partial charge < -0.3 is 53.7 Å². The summed E-state index contributed by atoms with van der Waals surface area (Å²) in [7, 11) is 5.23. The molecule has 0 amide bonds. The molecule has 0 radical (unpaired) electrons. The van der Waals surface area contributed by atoms with E-state index < -0.39 is 102 Å². The zero-order valence-corrected chi connectivity index (χ0v) is 32.6. The van der Waals surface area contributed by atoms with Gasteiger partial charge in [-0.2, -0.15) is 0 Å². The van der Waals surface area contributed by atoms with Crippen LogP contribution in [0.25, 0.3) is 0 Å². The van der Waals surface area contributed by atoms with Crippen molar-refractivity contribution in [1.29, 1.82) is 0 Å². The number of aliphatic hydroxyl groups is 4. The molecule has 4 N–H and O–H groups in total. The van der Waals surface area contributed by atoms with Gasteiger partial charge in [-0.05, 0) is 68.0 Å². The molecule has 0 aromatic rings. The van der Waals surface area contributed by atoms with E-state index >= 15 is 0 Å². The van der Waals surface area contributed by atoms with E-state index in [0.29, 0.717) is 12.8 Å². The van der Waals surface area contributed by atoms with Crippen molar-refractivity contribution < 1.29 is 58.4 Å². The lowest BCUT2D eigenvalue weighted by atomic mass is 9.74. The van der Waals surface area contributed by atoms with Crippen molar-refractivity contribution in [2.24, 2.45) is 29.6 Å². The highest BCUT2D eigenvalue weighted by Crippen LogP contribution is 2.40. The number of Topliss-reactive ketones (excluding diaryl/α,β-unsaturated/α-hetero) is 1. The average Bonchev–Trinajstić information content (AvgIpc) is 3.05. The average molecular weight is 718 g/mol. The number of carbonyl (C=O) groups excluding carboxylic acids is 2. The van der Waals surface area contributed by atoms with Crippen LogP contribution in [0.2, 0.25) is 0 Å². The summed E-state index contributed by atoms with van der Waals surface area (Å²) in [6, 6.07) is -0.297. The van der Waals surface area contributed by atoms with Crippen LogP contribution >= 0.6 is 0 Å². The van der Waals surface area contributed by atoms with E-state index in [0.717, 1.165) is 0 Å². The van der Waals surface area contributed by atoms with Gasteiger partial charge in [0.25, 0.3) is 0 Å². The standard InChI is InChI=1S/C37H67NO12/c1-14-26-20(4)29(40)21(5)28(39)18(2)16-36(9,44)33(50-35-30(41)25(38(11)12)15-19(3)46-35)22(6)31(23(7)34(43)48-26)49-27-17-37(10,45-13)32(42)24(8)47-27/h18-27,29-33,35,40-42,44H,14-17H2,1-13H3/t18-,19?,20+,21+,22+,23-,24-,25?,26-,27?,29+,30?,31+,32?,33-,35+,36-,37-/m1/s1. The summed E-state index contributed by atoms with van der Waals surface area (Å²) < 4.78 is 37.3. The van der Waals surface area contributed by atoms with Crippen molar-refractivity contribution in [3.8, 4) is 0 Å². The molecule has 3 fully saturated rings. The lowest BCUT2D eigenvalue weighted by molar-refractivity contribution is -0.317. The Morgan fingerprint density at radius 2 is 1.50 bits per heavy atom. The van der Waals surface area contributed by atoms with Gasteiger partial charge in [-0.15, -0.1) is 0 Å². The third kappa shape index (κ3) is 9.45. The molecule has 50 heavy (non-hydrogen) atoms. The van der Waals surface area contributed by atoms with Crippen molar-refractivity contribution in [2.75, 3.05) is 21.2 Å². The molecule has 0 spiro atoms. The van der Waals surface area contributed by atoms with Crippen LogP contribution in [0.3, 0.4) is 0 Å². The quantitative estimate of drug-likeness (QED) is 0.284. The summed E-state index contributed by atoms with van der Waals surface area (Å²) in [5.41, 5.74) is -2.73. The Morgan fingerprint density at radius 3 is 2.06 bits per heavy atom. The second-order valence-electron chi connectivity index (χ2n) is 16.2. The fraction of sp³-hybridized carbons (Fsp3) is 0.946. The van der Waals surface area contributed by atoms with E-state index in [4.69, 9.17) is 28.4 Å². The number of carbonyl (C=O) groups is 2. The Morgan fingerprint density at radius 1 is 0.880 bits per heavy atom. The molecular formula is C37H67NO12. The van der Waals surface area contributed by atoms with Crippen LogP contribution in [0.5, 0.6) is 0 Å². The fourth-order valence-corrected chi connectivity index (χ4v) is 8.36. The van der Waals surface area contributed by atoms with Gasteiger partial charge in [0.2, 0.25) is 0 Å². The van der Waals surface area contributed by atoms with Gasteiger partial charge in [-0.25, -0.2) is 0 Å². The summed E-state index contributed by atoms with van der Waals surface area (Å²) in [6.07, 6.45) is -7.91. The Hall–Kier alpha value is -1.26. The van der Waals surface area contributed by atoms with Gasteiger partial charge in [0.15, 0.2) is 12.6 Å². The molecule has 13 heteroatoms. The van der Waals surface area contributed by atoms with Crippen molar-refractivity contribution >= 4 is 11.8 Å². The number of esters is 1. The smallest absolute Gasteiger partial charge is 0.311 e. The zero-order valence-electron chi connectivity index (χ0n) is 32.6. The molecule has 18 atom stereocenters. The maximum absolute atomic E-state index is 14.0. The van der Waals surface area contributed by atoms with Crippen molar-refractivity contribution in [3.63, 3.8) is 0 Å². The molecule has 5 unspecified atom stereocenters. The van der Waals surface area contributed by atoms with Gasteiger partial charge in [0.1, 0.15) is 24.1 Å². The van der Waals surface area contributed by atoms with E-state index in [-0.39, 0.29) is 30.8 Å². The maximum atomic E-state index is 14.0. The third-order valence-corrected chi connectivity index (χ3v) is 11.8. The van der Waals surface area contributed by atoms with Gasteiger partial charge in [0, 0.05) is 43.2 Å². The number of hydrogen-bond acceptors (Lipinski definition) is 13. The number of likely N-dealkylation sites (N-methyl/N-ethyl adjacent to an activating group) is 1. The van der Waals surface area contributed by atoms with Crippen molar-refractivity contribution in [2.45, 2.75) is 174 Å². The molecule has 3 aliphatic rings. The Kier molecular flexibility index (Phi) is 14.9. The van der Waals surface area contributed by atoms with Crippen LogP contribution in [0, 0.1) is 29.6 Å². The van der Waals surface area contributed by atoms with Crippen molar-refractivity contribution in [3.05, 3.63) is 0 Å². The molecule has 0 aromatic heterocycles. The third-order valence-electron chi connectivity index (χ3n) is 11.8. The fourth-order valence-electron chi connectivity index (χ4n) is 8.36. The monoisotopic (exact) mass is 717 g/mol. The minimum Gasteiger partial charge on any atom is -0.462 e. The number of hydrogen-bond donors (Lipinski definition) is 4. The van der Waals surface area contributed by atoms with E-state index in [9.17, 15) is 30.0 Å². The minimum absolute atomic E-state index is 0.0462. The number of aliphatic hydroxyl groups excluding tert-OH is 3. The van der Waals surface area contributed by atoms with E-state index in [1.165, 1.54) is 7.11 Å². The molecule has 3 rings (SSSR count). The lowest BCUT2D eigenvalue weighted by Crippen LogP contribution is -2.60. The van der Waals surface area contributed by atoms with E-state index in [2.05, 4.69) is 0 Å². The first-order valence-electron chi connectivity index (χ1n) is 18.4. The molecule has 3 saturated heterocycles. The number of rotatable bonds is 7. The van der Waals surface area contributed by atoms with Gasteiger partial charge in [-0.3, -0.25) is 9.59 Å². The van der Waals surface area contributed by atoms with Gasteiger partial charge >= 0.3 is 5.97 Å². The first-order chi connectivity index (χ1) is 23.1. The lowest BCUT2D eigenvalue weighted by Gasteiger charge is -2.49. The molecule has 0 aliphatic carbocycles. The number of methoxy groups -OCH3 is 1. The maximum Gasteiger partial charge on any atom is 0.311 e. The van der Waals surface area contributed by atoms with Gasteiger partial charge in [0.05, 0.1) is 47.6 Å². The highest BCUT2D eigenvalue weighted by molar-refractivity contribution is 5.83. The summed E-state index contributed by atoms with van der Waals surface area (Å²) in [4.78, 5) is 29.7. The molecule has 292 valence electrons. The normalized spacial score (nSPS) is 49.0. The predicted molar refractivity (Wildman–Crippen MR) is 185 cm³/mol. The number of cyclic esters (lactones) is 1. The summed E-state index contributed by atoms with van der Waals surface area (Å²) >= 11 is 0. The van der Waals surface area contributed by atoms with Gasteiger partial charge in [-0.1, -0.05) is 34.6 Å². The van der Waals surface area contributed by atoms with Crippen molar-refractivity contribution in [1.82, 2.24) is 4.90 Å². The minimum atomic E-state index is -1.72. The molecule has 0 aromatic carbocycles. The molecule has 3 heterocycles. The first kappa shape index (κ1) is 43.1. The van der Waals surface area contributed by atoms with Crippen LogP contribution in [-0.2, 0) is 38.0 Å². The molecule has 3 aliphatic heterocycles. The van der Waals surface area contributed by atoms with Crippen LogP contribution in [0.1, 0.15) is 94.9 Å². The molecule has 0 saturated carbocycles. The number of ether oxygens (including phenoxy) is 6. The van der Waals surface area contributed by atoms with Crippen LogP contribution in [0.15, 0.2) is 0 Å². The highest BCUT2D eigenvalue weighted by atomic mass is 16.7. The van der Waals surface area contributed by atoms with Crippen LogP contribution in [0.4, 0.5) is 0 Å². The first-order valence-corrected chi connectivity index (χ1v) is 18.4. The second kappa shape index (κ2) is 17.3. The second-order valence-corrected chi connectivity index (χ2v) is 16.2.